The van der Waals surface area contributed by atoms with E-state index in [1.54, 1.807) is 0 Å². The van der Waals surface area contributed by atoms with Crippen LogP contribution in [0.5, 0.6) is 0 Å². The number of hydrogen-bond donors (Lipinski definition) is 1. The van der Waals surface area contributed by atoms with Gasteiger partial charge in [-0.3, -0.25) is 9.78 Å². The van der Waals surface area contributed by atoms with Crippen LogP contribution in [0.25, 0.3) is 0 Å². The number of piperidine rings is 1. The van der Waals surface area contributed by atoms with Crippen LogP contribution in [0.15, 0.2) is 48.8 Å². The third-order valence-corrected chi connectivity index (χ3v) is 5.13. The Morgan fingerprint density at radius 2 is 2.04 bits per heavy atom. The Balaban J connectivity index is 1.43. The van der Waals surface area contributed by atoms with E-state index < -0.39 is 0 Å². The fraction of sp³-hybridized carbons (Fsp3) is 0.400. The molecule has 2 aromatic rings. The summed E-state index contributed by atoms with van der Waals surface area (Å²) in [6.07, 6.45) is 7.53. The normalized spacial score (nSPS) is 17.3. The number of benzene rings is 1. The number of hydrogen-bond acceptors (Lipinski definition) is 3. The quantitative estimate of drug-likeness (QED) is 0.848. The first kappa shape index (κ1) is 17.7. The Morgan fingerprint density at radius 3 is 2.84 bits per heavy atom. The van der Waals surface area contributed by atoms with E-state index in [9.17, 15) is 4.79 Å². The van der Waals surface area contributed by atoms with Crippen LogP contribution in [0.2, 0.25) is 5.02 Å². The molecule has 0 bridgehead atoms. The lowest BCUT2D eigenvalue weighted by atomic mass is 9.93. The zero-order valence-corrected chi connectivity index (χ0v) is 15.1. The third kappa shape index (κ3) is 5.20. The van der Waals surface area contributed by atoms with Crippen LogP contribution in [-0.2, 0) is 11.3 Å². The van der Waals surface area contributed by atoms with Crippen LogP contribution in [-0.4, -0.2) is 24.0 Å². The van der Waals surface area contributed by atoms with E-state index in [-0.39, 0.29) is 5.91 Å². The largest absolute Gasteiger partial charge is 0.371 e. The number of nitrogens with one attached hydrogen (secondary N) is 1. The first-order valence-corrected chi connectivity index (χ1v) is 9.25. The van der Waals surface area contributed by atoms with Gasteiger partial charge in [-0.05, 0) is 48.9 Å². The maximum atomic E-state index is 12.1. The second-order valence-electron chi connectivity index (χ2n) is 6.57. The Bertz CT molecular complexity index is 692. The summed E-state index contributed by atoms with van der Waals surface area (Å²) in [6.45, 7) is 2.59. The molecule has 4 nitrogen and oxygen atoms in total. The highest BCUT2D eigenvalue weighted by atomic mass is 35.5. The molecule has 1 aliphatic rings. The smallest absolute Gasteiger partial charge is 0.220 e. The summed E-state index contributed by atoms with van der Waals surface area (Å²) < 4.78 is 0. The summed E-state index contributed by atoms with van der Waals surface area (Å²) >= 11 is 6.12. The predicted molar refractivity (Wildman–Crippen MR) is 102 cm³/mol. The molecule has 0 saturated carbocycles. The minimum atomic E-state index is 0.0981. The maximum absolute atomic E-state index is 12.1. The number of nitrogens with zero attached hydrogens (tertiary/aromatic N) is 2. The van der Waals surface area contributed by atoms with Crippen molar-refractivity contribution in [3.63, 3.8) is 0 Å². The Labute approximate surface area is 154 Å². The molecule has 2 heterocycles. The molecular formula is C20H24ClN3O. The van der Waals surface area contributed by atoms with Crippen LogP contribution in [0.4, 0.5) is 5.69 Å². The van der Waals surface area contributed by atoms with Gasteiger partial charge in [-0.15, -0.1) is 0 Å². The Hall–Kier alpha value is -2.07. The van der Waals surface area contributed by atoms with Crippen LogP contribution < -0.4 is 10.2 Å². The molecule has 0 spiro atoms. The van der Waals surface area contributed by atoms with Gasteiger partial charge in [0.05, 0.1) is 0 Å². The lowest BCUT2D eigenvalue weighted by Gasteiger charge is -2.34. The number of amides is 1. The van der Waals surface area contributed by atoms with Crippen LogP contribution in [0.3, 0.4) is 0 Å². The van der Waals surface area contributed by atoms with Crippen LogP contribution in [0.1, 0.15) is 31.2 Å². The maximum Gasteiger partial charge on any atom is 0.220 e. The topological polar surface area (TPSA) is 45.2 Å². The monoisotopic (exact) mass is 357 g/mol. The van der Waals surface area contributed by atoms with Crippen molar-refractivity contribution in [3.05, 3.63) is 59.4 Å². The molecule has 0 radical (unpaired) electrons. The molecule has 1 atom stereocenters. The minimum absolute atomic E-state index is 0.0981. The summed E-state index contributed by atoms with van der Waals surface area (Å²) in [7, 11) is 0. The van der Waals surface area contributed by atoms with Crippen LogP contribution >= 0.6 is 11.6 Å². The van der Waals surface area contributed by atoms with Crippen molar-refractivity contribution in [2.45, 2.75) is 32.2 Å². The summed E-state index contributed by atoms with van der Waals surface area (Å²) in [5, 5.41) is 3.67. The Morgan fingerprint density at radius 1 is 1.24 bits per heavy atom. The van der Waals surface area contributed by atoms with Gasteiger partial charge in [0, 0.05) is 49.2 Å². The predicted octanol–water partition coefficient (Wildman–Crippen LogP) is 4.05. The van der Waals surface area contributed by atoms with Crippen molar-refractivity contribution in [1.29, 1.82) is 0 Å². The molecule has 5 heteroatoms. The highest BCUT2D eigenvalue weighted by Gasteiger charge is 2.20. The van der Waals surface area contributed by atoms with E-state index in [1.165, 1.54) is 18.5 Å². The van der Waals surface area contributed by atoms with Crippen molar-refractivity contribution >= 4 is 23.2 Å². The van der Waals surface area contributed by atoms with Gasteiger partial charge in [0.25, 0.3) is 0 Å². The molecule has 1 saturated heterocycles. The molecule has 1 aromatic heterocycles. The molecule has 132 valence electrons. The van der Waals surface area contributed by atoms with E-state index >= 15 is 0 Å². The van der Waals surface area contributed by atoms with Gasteiger partial charge >= 0.3 is 0 Å². The number of aromatic nitrogens is 1. The zero-order chi connectivity index (χ0) is 17.5. The summed E-state index contributed by atoms with van der Waals surface area (Å²) in [5.74, 6) is 0.661. The fourth-order valence-corrected chi connectivity index (χ4v) is 3.55. The molecule has 1 unspecified atom stereocenters. The molecule has 1 amide bonds. The molecule has 1 aliphatic heterocycles. The molecule has 1 aromatic carbocycles. The summed E-state index contributed by atoms with van der Waals surface area (Å²) in [4.78, 5) is 18.6. The molecule has 1 N–H and O–H groups in total. The highest BCUT2D eigenvalue weighted by molar-refractivity contribution is 6.31. The highest BCUT2D eigenvalue weighted by Crippen LogP contribution is 2.25. The SMILES string of the molecule is O=C(CCC1CCCN(c2ccncc2)C1)NCc1ccccc1Cl. The minimum Gasteiger partial charge on any atom is -0.371 e. The molecular weight excluding hydrogens is 334 g/mol. The lowest BCUT2D eigenvalue weighted by Crippen LogP contribution is -2.36. The average molecular weight is 358 g/mol. The van der Waals surface area contributed by atoms with Crippen molar-refractivity contribution in [2.24, 2.45) is 5.92 Å². The van der Waals surface area contributed by atoms with E-state index in [2.05, 4.69) is 27.3 Å². The first-order chi connectivity index (χ1) is 12.2. The standard InChI is InChI=1S/C20H24ClN3O/c21-19-6-2-1-5-17(19)14-23-20(25)8-7-16-4-3-13-24(15-16)18-9-11-22-12-10-18/h1-2,5-6,9-12,16H,3-4,7-8,13-15H2,(H,23,25). The van der Waals surface area contributed by atoms with E-state index in [4.69, 9.17) is 11.6 Å². The number of halogens is 1. The van der Waals surface area contributed by atoms with E-state index in [0.717, 1.165) is 25.1 Å². The second-order valence-corrected chi connectivity index (χ2v) is 6.97. The molecule has 25 heavy (non-hydrogen) atoms. The van der Waals surface area contributed by atoms with Gasteiger partial charge < -0.3 is 10.2 Å². The zero-order valence-electron chi connectivity index (χ0n) is 14.3. The van der Waals surface area contributed by atoms with Gasteiger partial charge in [0.1, 0.15) is 0 Å². The van der Waals surface area contributed by atoms with Crippen molar-refractivity contribution in [3.8, 4) is 0 Å². The van der Waals surface area contributed by atoms with Crippen molar-refractivity contribution in [1.82, 2.24) is 10.3 Å². The van der Waals surface area contributed by atoms with Crippen molar-refractivity contribution < 1.29 is 4.79 Å². The van der Waals surface area contributed by atoms with Gasteiger partial charge in [-0.2, -0.15) is 0 Å². The molecule has 3 rings (SSSR count). The van der Waals surface area contributed by atoms with Gasteiger partial charge in [-0.1, -0.05) is 29.8 Å². The summed E-state index contributed by atoms with van der Waals surface area (Å²) in [6, 6.07) is 11.7. The third-order valence-electron chi connectivity index (χ3n) is 4.76. The fourth-order valence-electron chi connectivity index (χ4n) is 3.35. The van der Waals surface area contributed by atoms with Crippen LogP contribution in [0, 0.1) is 5.92 Å². The number of pyridine rings is 1. The number of carbonyl (C=O) groups is 1. The lowest BCUT2D eigenvalue weighted by molar-refractivity contribution is -0.121. The van der Waals surface area contributed by atoms with E-state index in [1.807, 2.05) is 36.7 Å². The van der Waals surface area contributed by atoms with E-state index in [0.29, 0.717) is 23.9 Å². The molecule has 0 aliphatic carbocycles. The first-order valence-electron chi connectivity index (χ1n) is 8.87. The van der Waals surface area contributed by atoms with Gasteiger partial charge in [-0.25, -0.2) is 0 Å². The molecule has 1 fully saturated rings. The number of carbonyl (C=O) groups excluding carboxylic acids is 1. The van der Waals surface area contributed by atoms with Gasteiger partial charge in [0.15, 0.2) is 0 Å². The summed E-state index contributed by atoms with van der Waals surface area (Å²) in [5.41, 5.74) is 2.18. The van der Waals surface area contributed by atoms with Gasteiger partial charge in [0.2, 0.25) is 5.91 Å². The number of rotatable bonds is 6. The number of anilines is 1. The Kier molecular flexibility index (Phi) is 6.29. The van der Waals surface area contributed by atoms with Crippen molar-refractivity contribution in [2.75, 3.05) is 18.0 Å². The second kappa shape index (κ2) is 8.86. The average Bonchev–Trinajstić information content (AvgIpc) is 2.67.